The minimum absolute atomic E-state index is 0.106. The van der Waals surface area contributed by atoms with Crippen molar-refractivity contribution in [1.29, 1.82) is 0 Å². The Morgan fingerprint density at radius 3 is 2.59 bits per heavy atom. The normalized spacial score (nSPS) is 12.1. The summed E-state index contributed by atoms with van der Waals surface area (Å²) in [4.78, 5) is 10.9. The van der Waals surface area contributed by atoms with Gasteiger partial charge in [-0.05, 0) is 18.4 Å². The molecule has 1 atom stereocenters. The van der Waals surface area contributed by atoms with Crippen LogP contribution in [0.2, 0.25) is 0 Å². The number of hydrogen-bond donors (Lipinski definition) is 1. The Balaban J connectivity index is 2.13. The van der Waals surface area contributed by atoms with Crippen LogP contribution in [0.5, 0.6) is 0 Å². The van der Waals surface area contributed by atoms with Crippen LogP contribution in [0.15, 0.2) is 30.3 Å². The Morgan fingerprint density at radius 2 is 1.94 bits per heavy atom. The fraction of sp³-hybridized carbons (Fsp3) is 0.500. The van der Waals surface area contributed by atoms with Gasteiger partial charge in [0.25, 0.3) is 0 Å². The van der Waals surface area contributed by atoms with E-state index in [0.717, 1.165) is 25.7 Å². The number of hydrogen-bond acceptors (Lipinski definition) is 3. The van der Waals surface area contributed by atoms with Gasteiger partial charge < -0.3 is 10.5 Å². The maximum absolute atomic E-state index is 10.9. The average molecular weight is 235 g/mol. The van der Waals surface area contributed by atoms with Crippen molar-refractivity contribution >= 4 is 5.97 Å². The van der Waals surface area contributed by atoms with Crippen molar-refractivity contribution in [2.75, 3.05) is 7.11 Å². The largest absolute Gasteiger partial charge is 0.469 e. The van der Waals surface area contributed by atoms with Crippen molar-refractivity contribution < 1.29 is 9.53 Å². The highest BCUT2D eigenvalue weighted by Crippen LogP contribution is 2.17. The third-order valence-corrected chi connectivity index (χ3v) is 2.85. The Labute approximate surface area is 103 Å². The molecule has 0 radical (unpaired) electrons. The quantitative estimate of drug-likeness (QED) is 0.584. The Hall–Kier alpha value is -1.35. The highest BCUT2D eigenvalue weighted by Gasteiger charge is 2.05. The first-order valence-electron chi connectivity index (χ1n) is 6.11. The van der Waals surface area contributed by atoms with E-state index in [1.165, 1.54) is 12.7 Å². The van der Waals surface area contributed by atoms with Gasteiger partial charge in [0.15, 0.2) is 0 Å². The summed E-state index contributed by atoms with van der Waals surface area (Å²) in [7, 11) is 1.42. The maximum Gasteiger partial charge on any atom is 0.305 e. The van der Waals surface area contributed by atoms with Crippen molar-refractivity contribution in [1.82, 2.24) is 0 Å². The zero-order valence-corrected chi connectivity index (χ0v) is 10.4. The number of esters is 1. The van der Waals surface area contributed by atoms with Crippen molar-refractivity contribution in [2.45, 2.75) is 38.1 Å². The van der Waals surface area contributed by atoms with Crippen molar-refractivity contribution in [3.63, 3.8) is 0 Å². The molecule has 3 nitrogen and oxygen atoms in total. The molecule has 1 aromatic carbocycles. The molecule has 17 heavy (non-hydrogen) atoms. The summed E-state index contributed by atoms with van der Waals surface area (Å²) >= 11 is 0. The summed E-state index contributed by atoms with van der Waals surface area (Å²) < 4.78 is 4.58. The van der Waals surface area contributed by atoms with Gasteiger partial charge >= 0.3 is 5.97 Å². The van der Waals surface area contributed by atoms with E-state index in [9.17, 15) is 4.79 Å². The molecule has 0 heterocycles. The Kier molecular flexibility index (Phi) is 6.33. The molecule has 0 aliphatic rings. The van der Waals surface area contributed by atoms with E-state index >= 15 is 0 Å². The zero-order chi connectivity index (χ0) is 12.5. The Bertz CT molecular complexity index is 324. The standard InChI is InChI=1S/C14H21NO2/c1-17-14(16)11-7-3-6-10-13(15)12-8-4-2-5-9-12/h2,4-5,8-9,13H,3,6-7,10-11,15H2,1H3. The minimum atomic E-state index is -0.127. The first-order valence-corrected chi connectivity index (χ1v) is 6.11. The lowest BCUT2D eigenvalue weighted by Gasteiger charge is -2.11. The van der Waals surface area contributed by atoms with E-state index in [1.807, 2.05) is 18.2 Å². The van der Waals surface area contributed by atoms with E-state index in [1.54, 1.807) is 0 Å². The van der Waals surface area contributed by atoms with Crippen LogP contribution in [0, 0.1) is 0 Å². The predicted octanol–water partition coefficient (Wildman–Crippen LogP) is 2.81. The second-order valence-electron chi connectivity index (χ2n) is 4.19. The lowest BCUT2D eigenvalue weighted by Crippen LogP contribution is -2.09. The van der Waals surface area contributed by atoms with E-state index in [0.29, 0.717) is 6.42 Å². The van der Waals surface area contributed by atoms with Crippen LogP contribution in [0.1, 0.15) is 43.7 Å². The molecule has 0 aliphatic heterocycles. The molecule has 0 saturated heterocycles. The first-order chi connectivity index (χ1) is 8.24. The number of unbranched alkanes of at least 4 members (excludes halogenated alkanes) is 2. The molecule has 3 heteroatoms. The number of nitrogens with two attached hydrogens (primary N) is 1. The second kappa shape index (κ2) is 7.85. The van der Waals surface area contributed by atoms with Crippen LogP contribution in [0.3, 0.4) is 0 Å². The van der Waals surface area contributed by atoms with Crippen LogP contribution in [0.25, 0.3) is 0 Å². The van der Waals surface area contributed by atoms with Gasteiger partial charge in [-0.15, -0.1) is 0 Å². The smallest absolute Gasteiger partial charge is 0.305 e. The van der Waals surface area contributed by atoms with Crippen molar-refractivity contribution in [2.24, 2.45) is 5.73 Å². The third-order valence-electron chi connectivity index (χ3n) is 2.85. The molecular formula is C14H21NO2. The van der Waals surface area contributed by atoms with Crippen LogP contribution in [0.4, 0.5) is 0 Å². The van der Waals surface area contributed by atoms with Crippen LogP contribution < -0.4 is 5.73 Å². The molecule has 1 unspecified atom stereocenters. The number of carbonyl (C=O) groups is 1. The number of carbonyl (C=O) groups excluding carboxylic acids is 1. The number of rotatable bonds is 7. The minimum Gasteiger partial charge on any atom is -0.469 e. The molecule has 2 N–H and O–H groups in total. The highest BCUT2D eigenvalue weighted by atomic mass is 16.5. The molecule has 0 amide bonds. The number of ether oxygens (including phenoxy) is 1. The van der Waals surface area contributed by atoms with E-state index < -0.39 is 0 Å². The van der Waals surface area contributed by atoms with Gasteiger partial charge in [0.1, 0.15) is 0 Å². The van der Waals surface area contributed by atoms with Crippen molar-refractivity contribution in [3.8, 4) is 0 Å². The van der Waals surface area contributed by atoms with Gasteiger partial charge in [-0.25, -0.2) is 0 Å². The molecule has 0 aliphatic carbocycles. The lowest BCUT2D eigenvalue weighted by molar-refractivity contribution is -0.140. The summed E-state index contributed by atoms with van der Waals surface area (Å²) in [6, 6.07) is 10.2. The molecule has 0 bridgehead atoms. The highest BCUT2D eigenvalue weighted by molar-refractivity contribution is 5.68. The summed E-state index contributed by atoms with van der Waals surface area (Å²) in [5.41, 5.74) is 7.25. The topological polar surface area (TPSA) is 52.3 Å². The van der Waals surface area contributed by atoms with Gasteiger partial charge in [-0.1, -0.05) is 43.2 Å². The molecule has 1 rings (SSSR count). The van der Waals surface area contributed by atoms with Crippen LogP contribution in [-0.2, 0) is 9.53 Å². The summed E-state index contributed by atoms with van der Waals surface area (Å²) in [6.45, 7) is 0. The molecule has 94 valence electrons. The summed E-state index contributed by atoms with van der Waals surface area (Å²) in [6.07, 6.45) is 4.43. The third kappa shape index (κ3) is 5.50. The van der Waals surface area contributed by atoms with E-state index in [2.05, 4.69) is 16.9 Å². The molecule has 0 fully saturated rings. The molecular weight excluding hydrogens is 214 g/mol. The van der Waals surface area contributed by atoms with E-state index in [4.69, 9.17) is 5.73 Å². The SMILES string of the molecule is COC(=O)CCCCCC(N)c1ccccc1. The number of benzene rings is 1. The fourth-order valence-electron chi connectivity index (χ4n) is 1.78. The van der Waals surface area contributed by atoms with Gasteiger partial charge in [0.2, 0.25) is 0 Å². The zero-order valence-electron chi connectivity index (χ0n) is 10.4. The summed E-state index contributed by atoms with van der Waals surface area (Å²) in [5.74, 6) is -0.127. The Morgan fingerprint density at radius 1 is 1.24 bits per heavy atom. The van der Waals surface area contributed by atoms with Gasteiger partial charge in [-0.3, -0.25) is 4.79 Å². The lowest BCUT2D eigenvalue weighted by atomic mass is 10.0. The van der Waals surface area contributed by atoms with Gasteiger partial charge in [0, 0.05) is 12.5 Å². The van der Waals surface area contributed by atoms with Crippen LogP contribution in [-0.4, -0.2) is 13.1 Å². The van der Waals surface area contributed by atoms with E-state index in [-0.39, 0.29) is 12.0 Å². The average Bonchev–Trinajstić information content (AvgIpc) is 2.38. The monoisotopic (exact) mass is 235 g/mol. The van der Waals surface area contributed by atoms with Gasteiger partial charge in [0.05, 0.1) is 7.11 Å². The molecule has 0 aromatic heterocycles. The molecule has 1 aromatic rings. The maximum atomic E-state index is 10.9. The van der Waals surface area contributed by atoms with Crippen molar-refractivity contribution in [3.05, 3.63) is 35.9 Å². The summed E-state index contributed by atoms with van der Waals surface area (Å²) in [5, 5.41) is 0. The number of methoxy groups -OCH3 is 1. The fourth-order valence-corrected chi connectivity index (χ4v) is 1.78. The van der Waals surface area contributed by atoms with Crippen LogP contribution >= 0.6 is 0 Å². The molecule has 0 saturated carbocycles. The second-order valence-corrected chi connectivity index (χ2v) is 4.19. The van der Waals surface area contributed by atoms with Gasteiger partial charge in [-0.2, -0.15) is 0 Å². The first kappa shape index (κ1) is 13.7. The molecule has 0 spiro atoms. The predicted molar refractivity (Wildman–Crippen MR) is 68.5 cm³/mol.